The molecule has 1 fully saturated rings. The number of nitrogens with one attached hydrogen (secondary N) is 1. The highest BCUT2D eigenvalue weighted by atomic mass is 16.2. The van der Waals surface area contributed by atoms with Crippen LogP contribution in [0.4, 0.5) is 0 Å². The Morgan fingerprint density at radius 1 is 1.26 bits per heavy atom. The Kier molecular flexibility index (Phi) is 7.00. The van der Waals surface area contributed by atoms with Gasteiger partial charge in [0.05, 0.1) is 19.0 Å². The van der Waals surface area contributed by atoms with E-state index in [0.29, 0.717) is 19.6 Å². The van der Waals surface area contributed by atoms with Crippen molar-refractivity contribution in [3.63, 3.8) is 0 Å². The Hall–Kier alpha value is -1.63. The average molecular weight is 326 g/mol. The van der Waals surface area contributed by atoms with Crippen LogP contribution in [0.25, 0.3) is 0 Å². The second kappa shape index (κ2) is 8.29. The highest BCUT2D eigenvalue weighted by Crippen LogP contribution is 2.16. The van der Waals surface area contributed by atoms with Gasteiger partial charge < -0.3 is 16.0 Å². The lowest BCUT2D eigenvalue weighted by Crippen LogP contribution is -2.50. The molecule has 7 heteroatoms. The number of primary amides is 1. The first-order chi connectivity index (χ1) is 10.6. The van der Waals surface area contributed by atoms with E-state index in [9.17, 15) is 14.4 Å². The van der Waals surface area contributed by atoms with Gasteiger partial charge in [-0.25, -0.2) is 0 Å². The predicted molar refractivity (Wildman–Crippen MR) is 88.5 cm³/mol. The SMILES string of the molecule is CCN(CC(=O)NC(C)(C)C)CC(=O)N1CCCC(C(N)=O)C1. The molecule has 0 aliphatic carbocycles. The van der Waals surface area contributed by atoms with E-state index >= 15 is 0 Å². The van der Waals surface area contributed by atoms with E-state index < -0.39 is 0 Å². The molecule has 1 aliphatic rings. The van der Waals surface area contributed by atoms with Crippen LogP contribution in [-0.4, -0.2) is 65.8 Å². The molecule has 3 N–H and O–H groups in total. The highest BCUT2D eigenvalue weighted by Gasteiger charge is 2.28. The monoisotopic (exact) mass is 326 g/mol. The van der Waals surface area contributed by atoms with Gasteiger partial charge in [0.1, 0.15) is 0 Å². The maximum atomic E-state index is 12.4. The molecule has 0 aromatic carbocycles. The van der Waals surface area contributed by atoms with E-state index in [1.54, 1.807) is 9.80 Å². The summed E-state index contributed by atoms with van der Waals surface area (Å²) in [6.45, 7) is 9.69. The fraction of sp³-hybridized carbons (Fsp3) is 0.812. The third-order valence-corrected chi connectivity index (χ3v) is 3.86. The lowest BCUT2D eigenvalue weighted by molar-refractivity contribution is -0.136. The Balaban J connectivity index is 2.52. The summed E-state index contributed by atoms with van der Waals surface area (Å²) in [4.78, 5) is 39.2. The minimum absolute atomic E-state index is 0.0543. The molecule has 0 aromatic heterocycles. The molecule has 132 valence electrons. The number of amides is 3. The molecular weight excluding hydrogens is 296 g/mol. The van der Waals surface area contributed by atoms with Crippen LogP contribution in [0.3, 0.4) is 0 Å². The molecule has 1 saturated heterocycles. The molecule has 1 unspecified atom stereocenters. The zero-order valence-corrected chi connectivity index (χ0v) is 14.7. The summed E-state index contributed by atoms with van der Waals surface area (Å²) in [6.07, 6.45) is 1.53. The predicted octanol–water partition coefficient (Wildman–Crippen LogP) is -0.0531. The van der Waals surface area contributed by atoms with Crippen LogP contribution in [0.2, 0.25) is 0 Å². The van der Waals surface area contributed by atoms with Crippen molar-refractivity contribution in [3.05, 3.63) is 0 Å². The maximum Gasteiger partial charge on any atom is 0.236 e. The smallest absolute Gasteiger partial charge is 0.236 e. The molecule has 0 spiro atoms. The molecule has 1 heterocycles. The van der Waals surface area contributed by atoms with Crippen molar-refractivity contribution in [3.8, 4) is 0 Å². The molecule has 23 heavy (non-hydrogen) atoms. The van der Waals surface area contributed by atoms with Gasteiger partial charge in [-0.3, -0.25) is 19.3 Å². The zero-order valence-electron chi connectivity index (χ0n) is 14.7. The first kappa shape index (κ1) is 19.4. The van der Waals surface area contributed by atoms with Crippen LogP contribution >= 0.6 is 0 Å². The molecule has 0 saturated carbocycles. The Bertz CT molecular complexity index is 445. The summed E-state index contributed by atoms with van der Waals surface area (Å²) >= 11 is 0. The second-order valence-electron chi connectivity index (χ2n) is 7.18. The molecule has 0 bridgehead atoms. The van der Waals surface area contributed by atoms with Crippen molar-refractivity contribution in [2.45, 2.75) is 46.1 Å². The van der Waals surface area contributed by atoms with Gasteiger partial charge >= 0.3 is 0 Å². The van der Waals surface area contributed by atoms with Gasteiger partial charge in [0.2, 0.25) is 17.7 Å². The van der Waals surface area contributed by atoms with Gasteiger partial charge in [0.15, 0.2) is 0 Å². The minimum atomic E-state index is -0.348. The second-order valence-corrected chi connectivity index (χ2v) is 7.18. The van der Waals surface area contributed by atoms with E-state index in [2.05, 4.69) is 5.32 Å². The number of likely N-dealkylation sites (tertiary alicyclic amines) is 1. The van der Waals surface area contributed by atoms with Crippen LogP contribution in [-0.2, 0) is 14.4 Å². The third kappa shape index (κ3) is 6.99. The lowest BCUT2D eigenvalue weighted by atomic mass is 9.97. The van der Waals surface area contributed by atoms with Crippen molar-refractivity contribution in [2.75, 3.05) is 32.7 Å². The number of nitrogens with two attached hydrogens (primary N) is 1. The highest BCUT2D eigenvalue weighted by molar-refractivity contribution is 5.82. The van der Waals surface area contributed by atoms with Crippen LogP contribution in [0.1, 0.15) is 40.5 Å². The molecule has 1 rings (SSSR count). The lowest BCUT2D eigenvalue weighted by Gasteiger charge is -2.33. The summed E-state index contributed by atoms with van der Waals surface area (Å²) in [7, 11) is 0. The van der Waals surface area contributed by atoms with Gasteiger partial charge in [-0.15, -0.1) is 0 Å². The van der Waals surface area contributed by atoms with Crippen LogP contribution < -0.4 is 11.1 Å². The Morgan fingerprint density at radius 3 is 2.43 bits per heavy atom. The van der Waals surface area contributed by atoms with Gasteiger partial charge in [-0.1, -0.05) is 6.92 Å². The van der Waals surface area contributed by atoms with Crippen molar-refractivity contribution >= 4 is 17.7 Å². The number of carbonyl (C=O) groups is 3. The zero-order chi connectivity index (χ0) is 17.6. The molecule has 3 amide bonds. The van der Waals surface area contributed by atoms with E-state index in [-0.39, 0.29) is 42.3 Å². The normalized spacial score (nSPS) is 18.8. The first-order valence-electron chi connectivity index (χ1n) is 8.23. The van der Waals surface area contributed by atoms with Crippen molar-refractivity contribution < 1.29 is 14.4 Å². The number of rotatable bonds is 6. The fourth-order valence-corrected chi connectivity index (χ4v) is 2.67. The Morgan fingerprint density at radius 2 is 1.91 bits per heavy atom. The quantitative estimate of drug-likeness (QED) is 0.715. The van der Waals surface area contributed by atoms with Crippen molar-refractivity contribution in [1.29, 1.82) is 0 Å². The standard InChI is InChI=1S/C16H30N4O3/c1-5-19(10-13(21)18-16(2,3)4)11-14(22)20-8-6-7-12(9-20)15(17)23/h12H,5-11H2,1-4H3,(H2,17,23)(H,18,21). The molecule has 1 aliphatic heterocycles. The number of piperidine rings is 1. The Labute approximate surface area is 138 Å². The van der Waals surface area contributed by atoms with E-state index in [1.165, 1.54) is 0 Å². The van der Waals surface area contributed by atoms with Gasteiger partial charge in [0, 0.05) is 18.6 Å². The first-order valence-corrected chi connectivity index (χ1v) is 8.23. The van der Waals surface area contributed by atoms with E-state index in [1.807, 2.05) is 27.7 Å². The topological polar surface area (TPSA) is 95.7 Å². The van der Waals surface area contributed by atoms with Crippen LogP contribution in [0.15, 0.2) is 0 Å². The molecule has 1 atom stereocenters. The van der Waals surface area contributed by atoms with Gasteiger partial charge in [0.25, 0.3) is 0 Å². The molecular formula is C16H30N4O3. The summed E-state index contributed by atoms with van der Waals surface area (Å²) < 4.78 is 0. The largest absolute Gasteiger partial charge is 0.369 e. The van der Waals surface area contributed by atoms with E-state index in [0.717, 1.165) is 12.8 Å². The maximum absolute atomic E-state index is 12.4. The number of hydrogen-bond donors (Lipinski definition) is 2. The average Bonchev–Trinajstić information content (AvgIpc) is 2.44. The number of hydrogen-bond acceptors (Lipinski definition) is 4. The van der Waals surface area contributed by atoms with Gasteiger partial charge in [-0.05, 0) is 40.2 Å². The summed E-state index contributed by atoms with van der Waals surface area (Å²) in [5, 5.41) is 2.89. The van der Waals surface area contributed by atoms with Crippen LogP contribution in [0.5, 0.6) is 0 Å². The summed E-state index contributed by atoms with van der Waals surface area (Å²) in [6, 6.07) is 0. The summed E-state index contributed by atoms with van der Waals surface area (Å²) in [5.41, 5.74) is 5.05. The van der Waals surface area contributed by atoms with Crippen molar-refractivity contribution in [2.24, 2.45) is 11.7 Å². The minimum Gasteiger partial charge on any atom is -0.369 e. The number of nitrogens with zero attached hydrogens (tertiary/aromatic N) is 2. The summed E-state index contributed by atoms with van der Waals surface area (Å²) in [5.74, 6) is -0.756. The number of carbonyl (C=O) groups excluding carboxylic acids is 3. The third-order valence-electron chi connectivity index (χ3n) is 3.86. The van der Waals surface area contributed by atoms with Crippen molar-refractivity contribution in [1.82, 2.24) is 15.1 Å². The molecule has 7 nitrogen and oxygen atoms in total. The fourth-order valence-electron chi connectivity index (χ4n) is 2.67. The molecule has 0 radical (unpaired) electrons. The van der Waals surface area contributed by atoms with Crippen LogP contribution in [0, 0.1) is 5.92 Å². The van der Waals surface area contributed by atoms with Gasteiger partial charge in [-0.2, -0.15) is 0 Å². The van der Waals surface area contributed by atoms with E-state index in [4.69, 9.17) is 5.73 Å². The molecule has 0 aromatic rings. The number of likely N-dealkylation sites (N-methyl/N-ethyl adjacent to an activating group) is 1.